The molecule has 0 amide bonds. The van der Waals surface area contributed by atoms with Crippen LogP contribution in [0.4, 0.5) is 5.69 Å². The van der Waals surface area contributed by atoms with Crippen LogP contribution in [-0.4, -0.2) is 21.4 Å². The third-order valence-corrected chi connectivity index (χ3v) is 5.60. The monoisotopic (exact) mass is 306 g/mol. The van der Waals surface area contributed by atoms with Gasteiger partial charge in [-0.05, 0) is 24.5 Å². The molecule has 0 bridgehead atoms. The number of fused-ring (bicyclic) bond motifs is 1. The van der Waals surface area contributed by atoms with Crippen molar-refractivity contribution in [2.45, 2.75) is 13.6 Å². The predicted molar refractivity (Wildman–Crippen MR) is 82.0 cm³/mol. The fourth-order valence-electron chi connectivity index (χ4n) is 1.69. The molecule has 0 unspecified atom stereocenters. The van der Waals surface area contributed by atoms with E-state index in [1.165, 1.54) is 0 Å². The average molecular weight is 306 g/mol. The molecule has 0 spiro atoms. The van der Waals surface area contributed by atoms with Crippen LogP contribution in [0, 0.1) is 0 Å². The maximum atomic E-state index is 5.98. The number of rotatable bonds is 3. The molecule has 19 heavy (non-hydrogen) atoms. The van der Waals surface area contributed by atoms with Crippen LogP contribution in [0.2, 0.25) is 0 Å². The van der Waals surface area contributed by atoms with Gasteiger partial charge in [0.05, 0.1) is 0 Å². The molecule has 3 aromatic rings. The van der Waals surface area contributed by atoms with Crippen molar-refractivity contribution in [2.75, 3.05) is 12.0 Å². The van der Waals surface area contributed by atoms with E-state index in [-0.39, 0.29) is 0 Å². The highest BCUT2D eigenvalue weighted by Crippen LogP contribution is 2.37. The molecule has 0 fully saturated rings. The Balaban J connectivity index is 2.03. The van der Waals surface area contributed by atoms with E-state index in [1.54, 1.807) is 41.1 Å². The third kappa shape index (κ3) is 2.54. The SMILES string of the molecule is CSc1nnc(Sc2ccc(N)c3ccncc23)s1. The minimum absolute atomic E-state index is 0.767. The number of aromatic nitrogens is 3. The molecule has 0 radical (unpaired) electrons. The topological polar surface area (TPSA) is 64.7 Å². The lowest BCUT2D eigenvalue weighted by Crippen LogP contribution is -1.88. The highest BCUT2D eigenvalue weighted by molar-refractivity contribution is 8.03. The molecule has 4 nitrogen and oxygen atoms in total. The molecule has 1 aromatic carbocycles. The minimum atomic E-state index is 0.767. The number of nitrogen functional groups attached to an aromatic ring is 1. The molecule has 0 atom stereocenters. The number of anilines is 1. The fraction of sp³-hybridized carbons (Fsp3) is 0.0833. The van der Waals surface area contributed by atoms with Crippen LogP contribution in [0.3, 0.4) is 0 Å². The fourth-order valence-corrected chi connectivity index (χ4v) is 4.21. The van der Waals surface area contributed by atoms with Gasteiger partial charge in [-0.3, -0.25) is 4.98 Å². The number of pyridine rings is 1. The van der Waals surface area contributed by atoms with E-state index in [1.807, 2.05) is 30.7 Å². The van der Waals surface area contributed by atoms with Crippen molar-refractivity contribution >= 4 is 51.3 Å². The third-order valence-electron chi connectivity index (χ3n) is 2.57. The van der Waals surface area contributed by atoms with Gasteiger partial charge in [-0.25, -0.2) is 0 Å². The molecule has 7 heteroatoms. The van der Waals surface area contributed by atoms with Crippen LogP contribution in [0.1, 0.15) is 0 Å². The van der Waals surface area contributed by atoms with Crippen molar-refractivity contribution in [3.63, 3.8) is 0 Å². The molecule has 2 heterocycles. The maximum absolute atomic E-state index is 5.98. The smallest absolute Gasteiger partial charge is 0.179 e. The van der Waals surface area contributed by atoms with E-state index < -0.39 is 0 Å². The average Bonchev–Trinajstić information content (AvgIpc) is 2.90. The summed E-state index contributed by atoms with van der Waals surface area (Å²) >= 11 is 4.80. The number of nitrogens with zero attached hydrogens (tertiary/aromatic N) is 3. The van der Waals surface area contributed by atoms with Gasteiger partial charge in [0, 0.05) is 33.7 Å². The molecule has 0 saturated carbocycles. The summed E-state index contributed by atoms with van der Waals surface area (Å²) in [6.07, 6.45) is 5.59. The van der Waals surface area contributed by atoms with Crippen molar-refractivity contribution in [2.24, 2.45) is 0 Å². The Bertz CT molecular complexity index is 726. The largest absolute Gasteiger partial charge is 0.398 e. The van der Waals surface area contributed by atoms with Crippen LogP contribution >= 0.6 is 34.9 Å². The number of hydrogen-bond acceptors (Lipinski definition) is 7. The second kappa shape index (κ2) is 5.36. The summed E-state index contributed by atoms with van der Waals surface area (Å²) in [5.74, 6) is 0. The van der Waals surface area contributed by atoms with Crippen LogP contribution in [0.15, 0.2) is 44.2 Å². The zero-order valence-corrected chi connectivity index (χ0v) is 12.5. The second-order valence-corrected chi connectivity index (χ2v) is 7.03. The quantitative estimate of drug-likeness (QED) is 0.590. The first-order chi connectivity index (χ1) is 9.28. The van der Waals surface area contributed by atoms with E-state index >= 15 is 0 Å². The Morgan fingerprint density at radius 1 is 1.11 bits per heavy atom. The second-order valence-electron chi connectivity index (χ2n) is 3.71. The lowest BCUT2D eigenvalue weighted by molar-refractivity contribution is 0.956. The van der Waals surface area contributed by atoms with Gasteiger partial charge in [-0.2, -0.15) is 0 Å². The molecule has 96 valence electrons. The molecule has 3 rings (SSSR count). The van der Waals surface area contributed by atoms with E-state index in [0.29, 0.717) is 0 Å². The molecule has 0 aliphatic heterocycles. The summed E-state index contributed by atoms with van der Waals surface area (Å²) < 4.78 is 1.90. The summed E-state index contributed by atoms with van der Waals surface area (Å²) in [5, 5.41) is 10.3. The summed E-state index contributed by atoms with van der Waals surface area (Å²) in [4.78, 5) is 5.27. The zero-order valence-electron chi connectivity index (χ0n) is 10.0. The number of hydrogen-bond donors (Lipinski definition) is 1. The summed E-state index contributed by atoms with van der Waals surface area (Å²) in [7, 11) is 0. The first-order valence-corrected chi connectivity index (χ1v) is 8.31. The van der Waals surface area contributed by atoms with Gasteiger partial charge >= 0.3 is 0 Å². The maximum Gasteiger partial charge on any atom is 0.179 e. The standard InChI is InChI=1S/C12H10N4S3/c1-17-11-15-16-12(19-11)18-10-3-2-9(13)7-4-5-14-6-8(7)10/h2-6H,13H2,1H3. The van der Waals surface area contributed by atoms with Crippen molar-refractivity contribution in [1.82, 2.24) is 15.2 Å². The lowest BCUT2D eigenvalue weighted by atomic mass is 10.1. The van der Waals surface area contributed by atoms with E-state index in [2.05, 4.69) is 15.2 Å². The van der Waals surface area contributed by atoms with E-state index in [9.17, 15) is 0 Å². The van der Waals surface area contributed by atoms with Crippen LogP contribution in [0.25, 0.3) is 10.8 Å². The zero-order chi connectivity index (χ0) is 13.2. The Morgan fingerprint density at radius 2 is 1.95 bits per heavy atom. The Hall–Kier alpha value is -1.31. The summed E-state index contributed by atoms with van der Waals surface area (Å²) in [5.41, 5.74) is 6.75. The predicted octanol–water partition coefficient (Wildman–Crippen LogP) is 3.54. The van der Waals surface area contributed by atoms with Crippen LogP contribution < -0.4 is 5.73 Å². The first kappa shape index (κ1) is 12.7. The highest BCUT2D eigenvalue weighted by atomic mass is 32.2. The van der Waals surface area contributed by atoms with Crippen molar-refractivity contribution in [3.05, 3.63) is 30.6 Å². The van der Waals surface area contributed by atoms with E-state index in [4.69, 9.17) is 5.73 Å². The molecule has 0 aliphatic rings. The van der Waals surface area contributed by atoms with Gasteiger partial charge in [0.1, 0.15) is 0 Å². The van der Waals surface area contributed by atoms with Crippen LogP contribution in [0.5, 0.6) is 0 Å². The Kier molecular flexibility index (Phi) is 3.58. The lowest BCUT2D eigenvalue weighted by Gasteiger charge is -2.05. The molecule has 0 saturated heterocycles. The minimum Gasteiger partial charge on any atom is -0.398 e. The number of nitrogens with two attached hydrogens (primary N) is 1. The van der Waals surface area contributed by atoms with Gasteiger partial charge in [0.2, 0.25) is 0 Å². The normalized spacial score (nSPS) is 11.0. The Labute approximate surface area is 122 Å². The summed E-state index contributed by atoms with van der Waals surface area (Å²) in [6, 6.07) is 5.85. The van der Waals surface area contributed by atoms with Crippen molar-refractivity contribution in [3.8, 4) is 0 Å². The summed E-state index contributed by atoms with van der Waals surface area (Å²) in [6.45, 7) is 0. The van der Waals surface area contributed by atoms with Crippen LogP contribution in [-0.2, 0) is 0 Å². The number of thioether (sulfide) groups is 1. The number of benzene rings is 1. The van der Waals surface area contributed by atoms with E-state index in [0.717, 1.165) is 30.0 Å². The molecule has 0 aliphatic carbocycles. The van der Waals surface area contributed by atoms with Gasteiger partial charge in [-0.15, -0.1) is 10.2 Å². The Morgan fingerprint density at radius 3 is 2.74 bits per heavy atom. The molecular formula is C12H10N4S3. The molecular weight excluding hydrogens is 296 g/mol. The highest BCUT2D eigenvalue weighted by Gasteiger charge is 2.09. The van der Waals surface area contributed by atoms with Crippen molar-refractivity contribution in [1.29, 1.82) is 0 Å². The molecule has 2 N–H and O–H groups in total. The van der Waals surface area contributed by atoms with Gasteiger partial charge in [-0.1, -0.05) is 34.9 Å². The molecule has 2 aromatic heterocycles. The van der Waals surface area contributed by atoms with Gasteiger partial charge < -0.3 is 5.73 Å². The van der Waals surface area contributed by atoms with Crippen molar-refractivity contribution < 1.29 is 0 Å². The first-order valence-electron chi connectivity index (χ1n) is 5.45. The van der Waals surface area contributed by atoms with Gasteiger partial charge in [0.15, 0.2) is 8.68 Å². The van der Waals surface area contributed by atoms with Gasteiger partial charge in [0.25, 0.3) is 0 Å².